The van der Waals surface area contributed by atoms with Crippen LogP contribution in [0, 0.1) is 0 Å². The Morgan fingerprint density at radius 3 is 2.57 bits per heavy atom. The molecule has 3 aromatic carbocycles. The van der Waals surface area contributed by atoms with Crippen LogP contribution in [0.2, 0.25) is 0 Å². The minimum absolute atomic E-state index is 0.148. The summed E-state index contributed by atoms with van der Waals surface area (Å²) in [6.07, 6.45) is 2.14. The molecule has 3 N–H and O–H groups in total. The molecule has 0 spiro atoms. The number of nitrogens with one attached hydrogen (secondary N) is 3. The number of aryl methyl sites for hydroxylation is 2. The molecule has 1 aliphatic heterocycles. The van der Waals surface area contributed by atoms with Crippen LogP contribution in [0.3, 0.4) is 0 Å². The largest absolute Gasteiger partial charge is 0.351 e. The van der Waals surface area contributed by atoms with Crippen molar-refractivity contribution < 1.29 is 4.79 Å². The SMILES string of the molecule is CC1=C(C(=O)Nc2ccc(Br)cc2)[C@H](c2ccc3c4c(cccc24)CC3)NC(=S)N1. The Morgan fingerprint density at radius 2 is 1.80 bits per heavy atom. The third-order valence-corrected chi connectivity index (χ3v) is 6.59. The number of thiocarbonyl (C=S) groups is 1. The normalized spacial score (nSPS) is 17.7. The second kappa shape index (κ2) is 7.52. The maximum absolute atomic E-state index is 13.3. The predicted octanol–water partition coefficient (Wildman–Crippen LogP) is 5.13. The highest BCUT2D eigenvalue weighted by Crippen LogP contribution is 2.38. The van der Waals surface area contributed by atoms with Gasteiger partial charge < -0.3 is 16.0 Å². The first kappa shape index (κ1) is 19.3. The lowest BCUT2D eigenvalue weighted by molar-refractivity contribution is -0.113. The van der Waals surface area contributed by atoms with E-state index in [-0.39, 0.29) is 11.9 Å². The van der Waals surface area contributed by atoms with Crippen molar-refractivity contribution in [3.63, 3.8) is 0 Å². The van der Waals surface area contributed by atoms with Gasteiger partial charge in [-0.1, -0.05) is 46.3 Å². The number of amides is 1. The van der Waals surface area contributed by atoms with Gasteiger partial charge in [0.1, 0.15) is 0 Å². The van der Waals surface area contributed by atoms with Gasteiger partial charge >= 0.3 is 0 Å². The first-order chi connectivity index (χ1) is 14.5. The molecule has 30 heavy (non-hydrogen) atoms. The molecule has 150 valence electrons. The van der Waals surface area contributed by atoms with E-state index in [1.165, 1.54) is 21.9 Å². The highest BCUT2D eigenvalue weighted by Gasteiger charge is 2.32. The van der Waals surface area contributed by atoms with E-state index in [4.69, 9.17) is 12.2 Å². The van der Waals surface area contributed by atoms with Gasteiger partial charge in [-0.05, 0) is 83.7 Å². The molecule has 0 fully saturated rings. The molecule has 3 aromatic rings. The number of benzene rings is 3. The summed E-state index contributed by atoms with van der Waals surface area (Å²) in [5.41, 5.74) is 5.98. The van der Waals surface area contributed by atoms with E-state index in [0.717, 1.165) is 34.3 Å². The summed E-state index contributed by atoms with van der Waals surface area (Å²) in [7, 11) is 0. The molecule has 1 amide bonds. The van der Waals surface area contributed by atoms with Crippen LogP contribution in [0.1, 0.15) is 29.7 Å². The van der Waals surface area contributed by atoms with Crippen molar-refractivity contribution in [3.8, 4) is 0 Å². The molecule has 0 saturated heterocycles. The average molecular weight is 478 g/mol. The summed E-state index contributed by atoms with van der Waals surface area (Å²) >= 11 is 8.86. The summed E-state index contributed by atoms with van der Waals surface area (Å²) in [5, 5.41) is 12.5. The number of hydrogen-bond acceptors (Lipinski definition) is 2. The quantitative estimate of drug-likeness (QED) is 0.457. The molecule has 0 aromatic heterocycles. The van der Waals surface area contributed by atoms with E-state index < -0.39 is 0 Å². The molecule has 0 bridgehead atoms. The van der Waals surface area contributed by atoms with Crippen molar-refractivity contribution >= 4 is 55.6 Å². The Morgan fingerprint density at radius 1 is 1.07 bits per heavy atom. The third-order valence-electron chi connectivity index (χ3n) is 5.84. The van der Waals surface area contributed by atoms with Gasteiger partial charge in [0.15, 0.2) is 5.11 Å². The fourth-order valence-electron chi connectivity index (χ4n) is 4.48. The van der Waals surface area contributed by atoms with Crippen LogP contribution in [-0.4, -0.2) is 11.0 Å². The Kier molecular flexibility index (Phi) is 4.83. The highest BCUT2D eigenvalue weighted by molar-refractivity contribution is 9.10. The zero-order chi connectivity index (χ0) is 20.8. The van der Waals surface area contributed by atoms with Crippen LogP contribution in [0.5, 0.6) is 0 Å². The van der Waals surface area contributed by atoms with Gasteiger partial charge in [-0.2, -0.15) is 0 Å². The van der Waals surface area contributed by atoms with E-state index in [2.05, 4.69) is 62.2 Å². The summed E-state index contributed by atoms with van der Waals surface area (Å²) in [4.78, 5) is 13.3. The Labute approximate surface area is 188 Å². The van der Waals surface area contributed by atoms with Crippen LogP contribution < -0.4 is 16.0 Å². The lowest BCUT2D eigenvalue weighted by Gasteiger charge is -2.31. The molecular formula is C24H20BrN3OS. The monoisotopic (exact) mass is 477 g/mol. The van der Waals surface area contributed by atoms with Crippen LogP contribution in [0.25, 0.3) is 10.8 Å². The van der Waals surface area contributed by atoms with Crippen molar-refractivity contribution in [3.05, 3.63) is 87.0 Å². The molecule has 1 atom stereocenters. The molecule has 0 saturated carbocycles. The maximum atomic E-state index is 13.3. The zero-order valence-corrected chi connectivity index (χ0v) is 18.8. The molecule has 4 nitrogen and oxygen atoms in total. The van der Waals surface area contributed by atoms with Crippen molar-refractivity contribution in [1.29, 1.82) is 0 Å². The second-order valence-corrected chi connectivity index (χ2v) is 9.01. The number of allylic oxidation sites excluding steroid dienone is 1. The number of hydrogen-bond donors (Lipinski definition) is 3. The molecule has 1 aliphatic carbocycles. The van der Waals surface area contributed by atoms with E-state index in [9.17, 15) is 4.79 Å². The van der Waals surface area contributed by atoms with Crippen molar-refractivity contribution in [2.24, 2.45) is 0 Å². The molecule has 0 unspecified atom stereocenters. The van der Waals surface area contributed by atoms with Crippen LogP contribution >= 0.6 is 28.1 Å². The van der Waals surface area contributed by atoms with Gasteiger partial charge in [-0.3, -0.25) is 4.79 Å². The van der Waals surface area contributed by atoms with Gasteiger partial charge in [0, 0.05) is 15.9 Å². The van der Waals surface area contributed by atoms with E-state index in [1.54, 1.807) is 0 Å². The first-order valence-corrected chi connectivity index (χ1v) is 11.1. The third kappa shape index (κ3) is 3.30. The lowest BCUT2D eigenvalue weighted by atomic mass is 9.89. The van der Waals surface area contributed by atoms with Crippen LogP contribution in [0.4, 0.5) is 5.69 Å². The van der Waals surface area contributed by atoms with Gasteiger partial charge in [-0.25, -0.2) is 0 Å². The number of carbonyl (C=O) groups is 1. The molecule has 1 heterocycles. The van der Waals surface area contributed by atoms with Crippen LogP contribution in [-0.2, 0) is 17.6 Å². The van der Waals surface area contributed by atoms with E-state index in [1.807, 2.05) is 31.2 Å². The maximum Gasteiger partial charge on any atom is 0.255 e. The first-order valence-electron chi connectivity index (χ1n) is 9.90. The fraction of sp³-hybridized carbons (Fsp3) is 0.167. The minimum Gasteiger partial charge on any atom is -0.351 e. The van der Waals surface area contributed by atoms with Crippen molar-refractivity contribution in [2.75, 3.05) is 5.32 Å². The number of carbonyl (C=O) groups excluding carboxylic acids is 1. The molecule has 5 rings (SSSR count). The summed E-state index contributed by atoms with van der Waals surface area (Å²) in [6.45, 7) is 1.90. The molecule has 0 radical (unpaired) electrons. The topological polar surface area (TPSA) is 53.2 Å². The Bertz CT molecular complexity index is 1220. The van der Waals surface area contributed by atoms with Crippen molar-refractivity contribution in [1.82, 2.24) is 10.6 Å². The number of anilines is 1. The highest BCUT2D eigenvalue weighted by atomic mass is 79.9. The Balaban J connectivity index is 1.59. The van der Waals surface area contributed by atoms with Gasteiger partial charge in [0.05, 0.1) is 11.6 Å². The summed E-state index contributed by atoms with van der Waals surface area (Å²) in [6, 6.07) is 18.0. The van der Waals surface area contributed by atoms with E-state index >= 15 is 0 Å². The standard InChI is InChI=1S/C24H20BrN3OS/c1-13-20(23(29)27-17-10-8-16(25)9-11-17)22(28-24(30)26-13)19-12-7-15-6-5-14-3-2-4-18(19)21(14)15/h2-4,7-12,22H,5-6H2,1H3,(H,27,29)(H2,26,28,30)/t22-/m0/s1. The molecule has 2 aliphatic rings. The average Bonchev–Trinajstić information content (AvgIpc) is 3.14. The summed E-state index contributed by atoms with van der Waals surface area (Å²) < 4.78 is 0.966. The van der Waals surface area contributed by atoms with Crippen molar-refractivity contribution in [2.45, 2.75) is 25.8 Å². The zero-order valence-electron chi connectivity index (χ0n) is 16.4. The molecule has 6 heteroatoms. The van der Waals surface area contributed by atoms with Crippen LogP contribution in [0.15, 0.2) is 70.3 Å². The molecular weight excluding hydrogens is 458 g/mol. The van der Waals surface area contributed by atoms with Gasteiger partial charge in [0.2, 0.25) is 0 Å². The van der Waals surface area contributed by atoms with Gasteiger partial charge in [-0.15, -0.1) is 0 Å². The van der Waals surface area contributed by atoms with Gasteiger partial charge in [0.25, 0.3) is 5.91 Å². The second-order valence-electron chi connectivity index (χ2n) is 7.68. The number of rotatable bonds is 3. The summed E-state index contributed by atoms with van der Waals surface area (Å²) in [5.74, 6) is -0.148. The van der Waals surface area contributed by atoms with E-state index in [0.29, 0.717) is 10.7 Å². The predicted molar refractivity (Wildman–Crippen MR) is 128 cm³/mol. The fourth-order valence-corrected chi connectivity index (χ4v) is 5.02. The smallest absolute Gasteiger partial charge is 0.255 e. The Hall–Kier alpha value is -2.70. The lowest BCUT2D eigenvalue weighted by Crippen LogP contribution is -2.45. The number of halogens is 1. The minimum atomic E-state index is -0.320.